The maximum atomic E-state index is 12.8. The Morgan fingerprint density at radius 2 is 2.00 bits per heavy atom. The highest BCUT2D eigenvalue weighted by atomic mass is 35.5. The van der Waals surface area contributed by atoms with E-state index in [0.717, 1.165) is 6.54 Å². The van der Waals surface area contributed by atoms with Gasteiger partial charge in [-0.2, -0.15) is 4.31 Å². The number of rotatable bonds is 7. The Morgan fingerprint density at radius 3 is 2.60 bits per heavy atom. The van der Waals surface area contributed by atoms with Crippen molar-refractivity contribution in [3.63, 3.8) is 0 Å². The fourth-order valence-electron chi connectivity index (χ4n) is 3.19. The summed E-state index contributed by atoms with van der Waals surface area (Å²) in [6.07, 6.45) is 1.23. The molecular weight excluding hydrogens is 362 g/mol. The van der Waals surface area contributed by atoms with Gasteiger partial charge in [0.15, 0.2) is 0 Å². The van der Waals surface area contributed by atoms with Crippen LogP contribution in [-0.2, 0) is 14.8 Å². The number of benzene rings is 1. The fourth-order valence-corrected chi connectivity index (χ4v) is 4.98. The molecule has 0 aliphatic carbocycles. The van der Waals surface area contributed by atoms with Crippen molar-refractivity contribution in [1.29, 1.82) is 0 Å². The predicted molar refractivity (Wildman–Crippen MR) is 98.2 cm³/mol. The number of amides is 1. The highest BCUT2D eigenvalue weighted by molar-refractivity contribution is 7.89. The summed E-state index contributed by atoms with van der Waals surface area (Å²) in [5, 5.41) is 3.39. The van der Waals surface area contributed by atoms with Gasteiger partial charge in [-0.25, -0.2) is 8.42 Å². The molecule has 0 unspecified atom stereocenters. The molecule has 2 N–H and O–H groups in total. The summed E-state index contributed by atoms with van der Waals surface area (Å²) in [4.78, 5) is 14.0. The topological polar surface area (TPSA) is 70.9 Å². The van der Waals surface area contributed by atoms with E-state index >= 15 is 0 Å². The second kappa shape index (κ2) is 8.49. The number of quaternary nitrogens is 1. The third-order valence-corrected chi connectivity index (χ3v) is 6.48. The summed E-state index contributed by atoms with van der Waals surface area (Å²) in [5.74, 6) is 0.118. The molecule has 1 fully saturated rings. The van der Waals surface area contributed by atoms with Gasteiger partial charge in [0.05, 0.1) is 25.5 Å². The molecule has 1 aromatic carbocycles. The van der Waals surface area contributed by atoms with Crippen LogP contribution in [0, 0.1) is 5.92 Å². The molecule has 1 aliphatic rings. The molecular formula is C17H27ClN3O3S+. The van der Waals surface area contributed by atoms with E-state index in [1.165, 1.54) is 21.3 Å². The molecule has 1 aromatic rings. The van der Waals surface area contributed by atoms with Gasteiger partial charge in [-0.15, -0.1) is 0 Å². The lowest BCUT2D eigenvalue weighted by atomic mass is 10.1. The lowest BCUT2D eigenvalue weighted by Gasteiger charge is -2.24. The van der Waals surface area contributed by atoms with E-state index in [1.54, 1.807) is 12.1 Å². The Labute approximate surface area is 155 Å². The van der Waals surface area contributed by atoms with Crippen molar-refractivity contribution in [1.82, 2.24) is 9.62 Å². The number of hydrogen-bond donors (Lipinski definition) is 2. The molecule has 0 spiro atoms. The molecule has 1 aliphatic heterocycles. The number of halogens is 1. The molecule has 0 bridgehead atoms. The van der Waals surface area contributed by atoms with Crippen LogP contribution in [0.4, 0.5) is 0 Å². The van der Waals surface area contributed by atoms with E-state index in [0.29, 0.717) is 36.9 Å². The van der Waals surface area contributed by atoms with Crippen LogP contribution in [0.1, 0.15) is 19.8 Å². The summed E-state index contributed by atoms with van der Waals surface area (Å²) in [6, 6.07) is 5.41. The van der Waals surface area contributed by atoms with Crippen LogP contribution in [-0.4, -0.2) is 58.4 Å². The Kier molecular flexibility index (Phi) is 6.85. The average Bonchev–Trinajstić information content (AvgIpc) is 3.03. The molecule has 2 rings (SSSR count). The number of sulfonamides is 1. The van der Waals surface area contributed by atoms with E-state index in [4.69, 9.17) is 11.6 Å². The van der Waals surface area contributed by atoms with Crippen LogP contribution in [0.25, 0.3) is 0 Å². The van der Waals surface area contributed by atoms with E-state index in [-0.39, 0.29) is 10.8 Å². The summed E-state index contributed by atoms with van der Waals surface area (Å²) >= 11 is 5.83. The first-order valence-electron chi connectivity index (χ1n) is 8.56. The number of nitrogens with one attached hydrogen (secondary N) is 2. The van der Waals surface area contributed by atoms with Gasteiger partial charge in [0.25, 0.3) is 0 Å². The van der Waals surface area contributed by atoms with Crippen molar-refractivity contribution in [2.45, 2.75) is 30.7 Å². The maximum absolute atomic E-state index is 12.8. The number of carbonyl (C=O) groups is 1. The molecule has 0 aromatic heterocycles. The fraction of sp³-hybridized carbons (Fsp3) is 0.588. The van der Waals surface area contributed by atoms with Gasteiger partial charge in [-0.3, -0.25) is 4.79 Å². The van der Waals surface area contributed by atoms with Crippen molar-refractivity contribution in [2.75, 3.05) is 33.7 Å². The van der Waals surface area contributed by atoms with Gasteiger partial charge < -0.3 is 10.2 Å². The zero-order chi connectivity index (χ0) is 18.6. The summed E-state index contributed by atoms with van der Waals surface area (Å²) in [5.41, 5.74) is 0. The third-order valence-electron chi connectivity index (χ3n) is 4.31. The number of hydrogen-bond acceptors (Lipinski definition) is 3. The minimum atomic E-state index is -3.70. The molecule has 1 heterocycles. The quantitative estimate of drug-likeness (QED) is 0.709. The van der Waals surface area contributed by atoms with E-state index in [1.807, 2.05) is 0 Å². The molecule has 0 radical (unpaired) electrons. The molecule has 2 atom stereocenters. The second-order valence-electron chi connectivity index (χ2n) is 6.99. The highest BCUT2D eigenvalue weighted by Crippen LogP contribution is 2.27. The van der Waals surface area contributed by atoms with Crippen molar-refractivity contribution in [2.24, 2.45) is 5.92 Å². The molecule has 0 saturated carbocycles. The number of carbonyl (C=O) groups excluding carboxylic acids is 1. The van der Waals surface area contributed by atoms with Crippen molar-refractivity contribution < 1.29 is 18.1 Å². The van der Waals surface area contributed by atoms with Crippen molar-refractivity contribution in [3.8, 4) is 0 Å². The van der Waals surface area contributed by atoms with E-state index in [9.17, 15) is 13.2 Å². The molecule has 1 saturated heterocycles. The first-order chi connectivity index (χ1) is 11.7. The lowest BCUT2D eigenvalue weighted by Crippen LogP contribution is -3.06. The smallest absolute Gasteiger partial charge is 0.243 e. The van der Waals surface area contributed by atoms with Crippen molar-refractivity contribution >= 4 is 27.5 Å². The first-order valence-corrected chi connectivity index (χ1v) is 10.4. The van der Waals surface area contributed by atoms with Gasteiger partial charge in [-0.1, -0.05) is 18.5 Å². The Bertz CT molecular complexity index is 692. The van der Waals surface area contributed by atoms with Gasteiger partial charge in [0.1, 0.15) is 6.04 Å². The Morgan fingerprint density at radius 1 is 1.36 bits per heavy atom. The predicted octanol–water partition coefficient (Wildman–Crippen LogP) is 0.390. The van der Waals surface area contributed by atoms with Crippen molar-refractivity contribution in [3.05, 3.63) is 29.3 Å². The van der Waals surface area contributed by atoms with Crippen LogP contribution >= 0.6 is 11.6 Å². The molecule has 140 valence electrons. The molecule has 1 amide bonds. The summed E-state index contributed by atoms with van der Waals surface area (Å²) < 4.78 is 27.0. The average molecular weight is 389 g/mol. The Balaban J connectivity index is 2.06. The van der Waals surface area contributed by atoms with Crippen LogP contribution in [0.5, 0.6) is 0 Å². The minimum absolute atomic E-state index is 0.168. The zero-order valence-corrected chi connectivity index (χ0v) is 16.5. The molecule has 8 heteroatoms. The van der Waals surface area contributed by atoms with Crippen LogP contribution < -0.4 is 10.2 Å². The van der Waals surface area contributed by atoms with Gasteiger partial charge in [0, 0.05) is 24.0 Å². The van der Waals surface area contributed by atoms with Crippen LogP contribution in [0.3, 0.4) is 0 Å². The molecule has 6 nitrogen and oxygen atoms in total. The number of nitrogens with zero attached hydrogens (tertiary/aromatic N) is 1. The van der Waals surface area contributed by atoms with Gasteiger partial charge in [0.2, 0.25) is 15.9 Å². The third kappa shape index (κ3) is 5.17. The van der Waals surface area contributed by atoms with Crippen LogP contribution in [0.2, 0.25) is 5.02 Å². The largest absolute Gasteiger partial charge is 0.354 e. The Hall–Kier alpha value is -1.15. The monoisotopic (exact) mass is 388 g/mol. The maximum Gasteiger partial charge on any atom is 0.243 e. The summed E-state index contributed by atoms with van der Waals surface area (Å²) in [7, 11) is 0.433. The van der Waals surface area contributed by atoms with E-state index in [2.05, 4.69) is 26.3 Å². The van der Waals surface area contributed by atoms with Gasteiger partial charge in [-0.05, 0) is 37.1 Å². The SMILES string of the molecule is C[C@@H](CNC(=O)[C@@H]1CCCN1S(=O)(=O)c1ccc(Cl)cc1)C[NH+](C)C. The summed E-state index contributed by atoms with van der Waals surface area (Å²) in [6.45, 7) is 3.93. The molecule has 25 heavy (non-hydrogen) atoms. The first kappa shape index (κ1) is 20.2. The minimum Gasteiger partial charge on any atom is -0.354 e. The standard InChI is InChI=1S/C17H26ClN3O3S/c1-13(12-20(2)3)11-19-17(22)16-5-4-10-21(16)25(23,24)15-8-6-14(18)7-9-15/h6-9,13,16H,4-5,10-12H2,1-3H3,(H,19,22)/p+1/t13-,16-/m0/s1. The van der Waals surface area contributed by atoms with Crippen LogP contribution in [0.15, 0.2) is 29.2 Å². The van der Waals surface area contributed by atoms with Gasteiger partial charge >= 0.3 is 0 Å². The second-order valence-corrected chi connectivity index (χ2v) is 9.32. The van der Waals surface area contributed by atoms with E-state index < -0.39 is 16.1 Å². The zero-order valence-electron chi connectivity index (χ0n) is 15.0. The lowest BCUT2D eigenvalue weighted by molar-refractivity contribution is -0.861. The normalized spacial score (nSPS) is 20.0. The highest BCUT2D eigenvalue weighted by Gasteiger charge is 2.39.